The van der Waals surface area contributed by atoms with E-state index in [-0.39, 0.29) is 0 Å². The molecule has 6 aromatic carbocycles. The molecule has 0 saturated carbocycles. The van der Waals surface area contributed by atoms with Crippen molar-refractivity contribution in [3.05, 3.63) is 156 Å². The average molecular weight is 501 g/mol. The van der Waals surface area contributed by atoms with Crippen LogP contribution < -0.4 is 0 Å². The van der Waals surface area contributed by atoms with Gasteiger partial charge in [0.15, 0.2) is 0 Å². The maximum absolute atomic E-state index is 2.34. The predicted octanol–water partition coefficient (Wildman–Crippen LogP) is 10.9. The molecule has 0 radical (unpaired) electrons. The van der Waals surface area contributed by atoms with Gasteiger partial charge in [0, 0.05) is 0 Å². The summed E-state index contributed by atoms with van der Waals surface area (Å²) in [6, 6.07) is 51.0. The molecule has 0 aliphatic heterocycles. The van der Waals surface area contributed by atoms with Crippen molar-refractivity contribution in [1.29, 1.82) is 0 Å². The van der Waals surface area contributed by atoms with Crippen LogP contribution in [0.4, 0.5) is 0 Å². The van der Waals surface area contributed by atoms with Crippen LogP contribution in [0.2, 0.25) is 0 Å². The van der Waals surface area contributed by atoms with Gasteiger partial charge in [-0.15, -0.1) is 0 Å². The predicted molar refractivity (Wildman–Crippen MR) is 168 cm³/mol. The standard InChI is InChI=1S/C39H32/c1-27-10-7-13-31(20-27)32-14-8-15-33(22-32)37-24-36(30-11-5-4-6-12-30)25-38(26-37)34-16-9-17-35(23-34)39-21-28(2)18-19-29(39)3/h4-26H,1-3H3. The number of aryl methyl sites for hydroxylation is 3. The largest absolute Gasteiger partial charge is 0.0622 e. The van der Waals surface area contributed by atoms with Crippen LogP contribution in [-0.2, 0) is 0 Å². The van der Waals surface area contributed by atoms with Gasteiger partial charge in [-0.2, -0.15) is 0 Å². The summed E-state index contributed by atoms with van der Waals surface area (Å²) in [5, 5.41) is 0. The van der Waals surface area contributed by atoms with Crippen LogP contribution in [0.3, 0.4) is 0 Å². The molecule has 0 heteroatoms. The Kier molecular flexibility index (Phi) is 6.69. The number of hydrogen-bond donors (Lipinski definition) is 0. The number of rotatable bonds is 5. The van der Waals surface area contributed by atoms with Gasteiger partial charge in [0.1, 0.15) is 0 Å². The highest BCUT2D eigenvalue weighted by atomic mass is 14.1. The van der Waals surface area contributed by atoms with Crippen LogP contribution in [-0.4, -0.2) is 0 Å². The van der Waals surface area contributed by atoms with Crippen molar-refractivity contribution < 1.29 is 0 Å². The van der Waals surface area contributed by atoms with Crippen molar-refractivity contribution in [2.45, 2.75) is 20.8 Å². The van der Waals surface area contributed by atoms with E-state index >= 15 is 0 Å². The van der Waals surface area contributed by atoms with E-state index in [0.717, 1.165) is 0 Å². The van der Waals surface area contributed by atoms with Crippen LogP contribution >= 0.6 is 0 Å². The lowest BCUT2D eigenvalue weighted by Crippen LogP contribution is -1.89. The molecular weight excluding hydrogens is 468 g/mol. The van der Waals surface area contributed by atoms with Gasteiger partial charge < -0.3 is 0 Å². The molecule has 0 unspecified atom stereocenters. The molecule has 0 bridgehead atoms. The fraction of sp³-hybridized carbons (Fsp3) is 0.0769. The van der Waals surface area contributed by atoms with Gasteiger partial charge in [-0.3, -0.25) is 0 Å². The molecule has 0 spiro atoms. The molecular formula is C39H32. The normalized spacial score (nSPS) is 10.9. The van der Waals surface area contributed by atoms with Crippen molar-refractivity contribution >= 4 is 0 Å². The lowest BCUT2D eigenvalue weighted by molar-refractivity contribution is 1.39. The first-order valence-electron chi connectivity index (χ1n) is 13.6. The van der Waals surface area contributed by atoms with Gasteiger partial charge in [-0.05, 0) is 112 Å². The Morgan fingerprint density at radius 2 is 0.718 bits per heavy atom. The monoisotopic (exact) mass is 500 g/mol. The molecule has 39 heavy (non-hydrogen) atoms. The summed E-state index contributed by atoms with van der Waals surface area (Å²) in [6.45, 7) is 6.50. The van der Waals surface area contributed by atoms with E-state index in [0.29, 0.717) is 0 Å². The fourth-order valence-electron chi connectivity index (χ4n) is 5.37. The zero-order valence-electron chi connectivity index (χ0n) is 22.8. The Hall–Kier alpha value is -4.68. The highest BCUT2D eigenvalue weighted by molar-refractivity contribution is 5.84. The van der Waals surface area contributed by atoms with Crippen molar-refractivity contribution in [2.75, 3.05) is 0 Å². The molecule has 0 aromatic heterocycles. The minimum absolute atomic E-state index is 1.22. The molecule has 0 aliphatic carbocycles. The lowest BCUT2D eigenvalue weighted by atomic mass is 9.90. The molecule has 0 nitrogen and oxygen atoms in total. The molecule has 0 amide bonds. The quantitative estimate of drug-likeness (QED) is 0.221. The summed E-state index contributed by atoms with van der Waals surface area (Å²) in [4.78, 5) is 0. The molecule has 0 heterocycles. The third-order valence-electron chi connectivity index (χ3n) is 7.49. The van der Waals surface area contributed by atoms with Gasteiger partial charge in [0.25, 0.3) is 0 Å². The van der Waals surface area contributed by atoms with Gasteiger partial charge >= 0.3 is 0 Å². The van der Waals surface area contributed by atoms with Crippen molar-refractivity contribution in [3.63, 3.8) is 0 Å². The van der Waals surface area contributed by atoms with E-state index in [4.69, 9.17) is 0 Å². The third kappa shape index (κ3) is 5.33. The van der Waals surface area contributed by atoms with Crippen LogP contribution in [0.15, 0.2) is 140 Å². The summed E-state index contributed by atoms with van der Waals surface area (Å²) in [6.07, 6.45) is 0. The summed E-state index contributed by atoms with van der Waals surface area (Å²) in [7, 11) is 0. The Bertz CT molecular complexity index is 1770. The minimum atomic E-state index is 1.22. The van der Waals surface area contributed by atoms with Crippen molar-refractivity contribution in [1.82, 2.24) is 0 Å². The molecule has 6 rings (SSSR count). The van der Waals surface area contributed by atoms with E-state index in [1.54, 1.807) is 0 Å². The molecule has 0 N–H and O–H groups in total. The van der Waals surface area contributed by atoms with Crippen LogP contribution in [0.25, 0.3) is 55.6 Å². The summed E-state index contributed by atoms with van der Waals surface area (Å²) >= 11 is 0. The number of benzene rings is 6. The SMILES string of the molecule is Cc1cccc(-c2cccc(-c3cc(-c4ccccc4)cc(-c4cccc(-c5cc(C)ccc5C)c4)c3)c2)c1. The summed E-state index contributed by atoms with van der Waals surface area (Å²) in [5.74, 6) is 0. The Morgan fingerprint density at radius 3 is 1.36 bits per heavy atom. The van der Waals surface area contributed by atoms with Gasteiger partial charge in [0.2, 0.25) is 0 Å². The smallest absolute Gasteiger partial charge is 0.0152 e. The van der Waals surface area contributed by atoms with E-state index in [1.165, 1.54) is 72.3 Å². The highest BCUT2D eigenvalue weighted by Gasteiger charge is 2.10. The van der Waals surface area contributed by atoms with Gasteiger partial charge in [-0.25, -0.2) is 0 Å². The molecule has 0 aliphatic rings. The van der Waals surface area contributed by atoms with E-state index < -0.39 is 0 Å². The Morgan fingerprint density at radius 1 is 0.282 bits per heavy atom. The molecule has 0 saturated heterocycles. The zero-order chi connectivity index (χ0) is 26.8. The van der Waals surface area contributed by atoms with Crippen LogP contribution in [0, 0.1) is 20.8 Å². The van der Waals surface area contributed by atoms with Gasteiger partial charge in [0.05, 0.1) is 0 Å². The van der Waals surface area contributed by atoms with Gasteiger partial charge in [-0.1, -0.05) is 120 Å². The maximum Gasteiger partial charge on any atom is -0.0152 e. The number of hydrogen-bond acceptors (Lipinski definition) is 0. The topological polar surface area (TPSA) is 0 Å². The second kappa shape index (κ2) is 10.6. The second-order valence-corrected chi connectivity index (χ2v) is 10.5. The fourth-order valence-corrected chi connectivity index (χ4v) is 5.37. The van der Waals surface area contributed by atoms with Crippen LogP contribution in [0.1, 0.15) is 16.7 Å². The zero-order valence-corrected chi connectivity index (χ0v) is 22.8. The van der Waals surface area contributed by atoms with Crippen LogP contribution in [0.5, 0.6) is 0 Å². The summed E-state index contributed by atoms with van der Waals surface area (Å²) in [5.41, 5.74) is 16.2. The molecule has 188 valence electrons. The average Bonchev–Trinajstić information content (AvgIpc) is 2.99. The van der Waals surface area contributed by atoms with Crippen molar-refractivity contribution in [2.24, 2.45) is 0 Å². The first-order valence-corrected chi connectivity index (χ1v) is 13.6. The Labute approximate surface area is 232 Å². The highest BCUT2D eigenvalue weighted by Crippen LogP contribution is 2.36. The molecule has 0 atom stereocenters. The van der Waals surface area contributed by atoms with E-state index in [2.05, 4.69) is 160 Å². The molecule has 6 aromatic rings. The summed E-state index contributed by atoms with van der Waals surface area (Å²) < 4.78 is 0. The van der Waals surface area contributed by atoms with E-state index in [1.807, 2.05) is 0 Å². The third-order valence-corrected chi connectivity index (χ3v) is 7.49. The first kappa shape index (κ1) is 24.6. The Balaban J connectivity index is 1.50. The van der Waals surface area contributed by atoms with E-state index in [9.17, 15) is 0 Å². The first-order chi connectivity index (χ1) is 19.0. The lowest BCUT2D eigenvalue weighted by Gasteiger charge is -2.14. The van der Waals surface area contributed by atoms with Crippen molar-refractivity contribution in [3.8, 4) is 55.6 Å². The molecule has 0 fully saturated rings. The maximum atomic E-state index is 2.34. The minimum Gasteiger partial charge on any atom is -0.0622 e. The second-order valence-electron chi connectivity index (χ2n) is 10.5.